The van der Waals surface area contributed by atoms with Gasteiger partial charge in [-0.05, 0) is 42.3 Å². The number of rotatable bonds is 12. The lowest BCUT2D eigenvalue weighted by Crippen LogP contribution is -2.39. The zero-order valence-electron chi connectivity index (χ0n) is 22.6. The fourth-order valence-corrected chi connectivity index (χ4v) is 4.04. The molecule has 0 saturated heterocycles. The molecule has 2 aromatic carbocycles. The molecule has 9 nitrogen and oxygen atoms in total. The van der Waals surface area contributed by atoms with E-state index in [1.165, 1.54) is 23.1 Å². The van der Waals surface area contributed by atoms with E-state index in [0.717, 1.165) is 23.0 Å². The summed E-state index contributed by atoms with van der Waals surface area (Å²) in [6, 6.07) is 13.4. The second-order valence-electron chi connectivity index (χ2n) is 9.49. The highest BCUT2D eigenvalue weighted by Crippen LogP contribution is 2.29. The summed E-state index contributed by atoms with van der Waals surface area (Å²) in [5, 5.41) is 6.13. The van der Waals surface area contributed by atoms with Gasteiger partial charge in [0.15, 0.2) is 6.20 Å². The maximum atomic E-state index is 13.3. The number of carbonyl (C=O) groups excluding carboxylic acids is 3. The minimum atomic E-state index is -4.51. The molecule has 3 rings (SSSR count). The number of pyridine rings is 1. The van der Waals surface area contributed by atoms with Gasteiger partial charge in [-0.3, -0.25) is 14.4 Å². The smallest absolute Gasteiger partial charge is 0.340 e. The van der Waals surface area contributed by atoms with Crippen molar-refractivity contribution in [1.82, 2.24) is 10.2 Å². The number of benzene rings is 2. The molecule has 1 atom stereocenters. The molecule has 7 N–H and O–H groups in total. The number of carbonyl (C=O) groups is 3. The topological polar surface area (TPSA) is 145 Å². The largest absolute Gasteiger partial charge is 0.416 e. The van der Waals surface area contributed by atoms with E-state index in [0.29, 0.717) is 18.8 Å². The van der Waals surface area contributed by atoms with Crippen LogP contribution < -0.4 is 27.1 Å². The average Bonchev–Trinajstić information content (AvgIpc) is 2.94. The third-order valence-electron chi connectivity index (χ3n) is 6.35. The Morgan fingerprint density at radius 2 is 1.68 bits per heavy atom. The van der Waals surface area contributed by atoms with E-state index in [1.54, 1.807) is 19.2 Å². The molecule has 0 saturated carbocycles. The van der Waals surface area contributed by atoms with E-state index >= 15 is 0 Å². The molecule has 1 aromatic heterocycles. The molecule has 0 fully saturated rings. The van der Waals surface area contributed by atoms with Crippen molar-refractivity contribution < 1.29 is 32.5 Å². The van der Waals surface area contributed by atoms with Crippen molar-refractivity contribution in [3.8, 4) is 0 Å². The number of nitrogens with one attached hydrogen (secondary N) is 3. The lowest BCUT2D eigenvalue weighted by atomic mass is 10.0. The SMILES string of the molecule is C[C@@H](CCC(=O)N(CCN)CCN)C(=O)N/C(=C/c1ccc(C(F)(F)F)cc1)C(=O)Nc1c[nH+]c2ccccc2c1. The van der Waals surface area contributed by atoms with Crippen molar-refractivity contribution in [2.24, 2.45) is 17.4 Å². The van der Waals surface area contributed by atoms with E-state index in [-0.39, 0.29) is 43.1 Å². The van der Waals surface area contributed by atoms with Crippen molar-refractivity contribution in [3.05, 3.63) is 77.6 Å². The standard InChI is InChI=1S/C29H33F3N6O3/c1-19(6-11-26(39)38(14-12-33)15-13-34)27(40)37-25(16-20-7-9-22(10-8-20)29(30,31)32)28(41)36-23-17-21-4-2-3-5-24(21)35-18-23/h2-5,7-10,16-19H,6,11-15,33-34H2,1H3,(H,36,41)(H,37,40)/p+1/b25-16+/t19-/m0/s1. The molecule has 12 heteroatoms. The van der Waals surface area contributed by atoms with E-state index in [4.69, 9.17) is 11.5 Å². The molecule has 41 heavy (non-hydrogen) atoms. The first-order valence-corrected chi connectivity index (χ1v) is 13.1. The zero-order valence-corrected chi connectivity index (χ0v) is 22.6. The van der Waals surface area contributed by atoms with Gasteiger partial charge in [-0.2, -0.15) is 13.2 Å². The van der Waals surface area contributed by atoms with E-state index < -0.39 is 29.5 Å². The third-order valence-corrected chi connectivity index (χ3v) is 6.35. The van der Waals surface area contributed by atoms with Crippen LogP contribution in [0.25, 0.3) is 17.0 Å². The van der Waals surface area contributed by atoms with Crippen molar-refractivity contribution in [2.45, 2.75) is 25.9 Å². The maximum Gasteiger partial charge on any atom is 0.416 e. The number of H-pyrrole nitrogens is 1. The van der Waals surface area contributed by atoms with Gasteiger partial charge in [0.2, 0.25) is 17.3 Å². The number of halogens is 3. The Morgan fingerprint density at radius 3 is 2.32 bits per heavy atom. The molecule has 1 heterocycles. The van der Waals surface area contributed by atoms with Gasteiger partial charge in [-0.1, -0.05) is 31.2 Å². The summed E-state index contributed by atoms with van der Waals surface area (Å²) >= 11 is 0. The third kappa shape index (κ3) is 9.12. The van der Waals surface area contributed by atoms with Crippen LogP contribution in [0.2, 0.25) is 0 Å². The Hall–Kier alpha value is -4.29. The molecule has 0 aliphatic rings. The highest BCUT2D eigenvalue weighted by Gasteiger charge is 2.30. The summed E-state index contributed by atoms with van der Waals surface area (Å²) in [7, 11) is 0. The molecule has 0 bridgehead atoms. The van der Waals surface area contributed by atoms with Crippen molar-refractivity contribution in [2.75, 3.05) is 31.5 Å². The first-order valence-electron chi connectivity index (χ1n) is 13.1. The predicted molar refractivity (Wildman–Crippen MR) is 150 cm³/mol. The molecule has 0 spiro atoms. The monoisotopic (exact) mass is 571 g/mol. The predicted octanol–water partition coefficient (Wildman–Crippen LogP) is 2.93. The van der Waals surface area contributed by atoms with E-state index in [2.05, 4.69) is 15.6 Å². The minimum Gasteiger partial charge on any atom is -0.340 e. The van der Waals surface area contributed by atoms with Gasteiger partial charge >= 0.3 is 6.18 Å². The van der Waals surface area contributed by atoms with Gasteiger partial charge in [0, 0.05) is 50.0 Å². The first kappa shape index (κ1) is 31.2. The van der Waals surface area contributed by atoms with Gasteiger partial charge in [-0.15, -0.1) is 0 Å². The quantitative estimate of drug-likeness (QED) is 0.247. The first-order chi connectivity index (χ1) is 19.5. The number of alkyl halides is 3. The molecular formula is C29H34F3N6O3+. The second kappa shape index (κ2) is 14.4. The number of aromatic amines is 1. The van der Waals surface area contributed by atoms with Crippen LogP contribution in [-0.2, 0) is 20.6 Å². The van der Waals surface area contributed by atoms with Crippen LogP contribution in [0.1, 0.15) is 30.9 Å². The number of aromatic nitrogens is 1. The summed E-state index contributed by atoms with van der Waals surface area (Å²) in [5.74, 6) is -2.05. The van der Waals surface area contributed by atoms with Crippen LogP contribution in [-0.4, -0.2) is 48.8 Å². The molecule has 0 radical (unpaired) electrons. The maximum absolute atomic E-state index is 13.3. The lowest BCUT2D eigenvalue weighted by Gasteiger charge is -2.22. The summed E-state index contributed by atoms with van der Waals surface area (Å²) in [4.78, 5) is 43.5. The summed E-state index contributed by atoms with van der Waals surface area (Å²) in [6.07, 6.45) is -1.36. The molecule has 0 aliphatic heterocycles. The minimum absolute atomic E-state index is 0.0751. The number of hydrogen-bond donors (Lipinski definition) is 4. The molecular weight excluding hydrogens is 537 g/mol. The Kier molecular flexibility index (Phi) is 11.0. The number of anilines is 1. The van der Waals surface area contributed by atoms with Crippen LogP contribution in [0.3, 0.4) is 0 Å². The van der Waals surface area contributed by atoms with Crippen molar-refractivity contribution >= 4 is 40.4 Å². The van der Waals surface area contributed by atoms with Crippen LogP contribution in [0.5, 0.6) is 0 Å². The van der Waals surface area contributed by atoms with Crippen LogP contribution in [0.4, 0.5) is 18.9 Å². The summed E-state index contributed by atoms with van der Waals surface area (Å²) < 4.78 is 39.0. The lowest BCUT2D eigenvalue weighted by molar-refractivity contribution is -0.343. The summed E-state index contributed by atoms with van der Waals surface area (Å²) in [6.45, 7) is 2.88. The van der Waals surface area contributed by atoms with E-state index in [1.807, 2.05) is 24.3 Å². The van der Waals surface area contributed by atoms with Gasteiger partial charge in [0.25, 0.3) is 5.91 Å². The normalized spacial score (nSPS) is 12.6. The average molecular weight is 572 g/mol. The highest BCUT2D eigenvalue weighted by atomic mass is 19.4. The van der Waals surface area contributed by atoms with Gasteiger partial charge in [0.1, 0.15) is 11.4 Å². The number of nitrogens with zero attached hydrogens (tertiary/aromatic N) is 1. The Bertz CT molecular complexity index is 1390. The van der Waals surface area contributed by atoms with Gasteiger partial charge < -0.3 is 27.0 Å². The van der Waals surface area contributed by atoms with Crippen LogP contribution in [0.15, 0.2) is 66.5 Å². The molecule has 218 valence electrons. The fraction of sp³-hybridized carbons (Fsp3) is 0.310. The Morgan fingerprint density at radius 1 is 1.02 bits per heavy atom. The Balaban J connectivity index is 1.79. The molecule has 3 amide bonds. The number of para-hydroxylation sites is 1. The van der Waals surface area contributed by atoms with Gasteiger partial charge in [-0.25, -0.2) is 4.98 Å². The number of hydrogen-bond acceptors (Lipinski definition) is 5. The van der Waals surface area contributed by atoms with Crippen molar-refractivity contribution in [3.63, 3.8) is 0 Å². The zero-order chi connectivity index (χ0) is 30.0. The number of nitrogens with two attached hydrogens (primary N) is 2. The molecule has 0 aliphatic carbocycles. The highest BCUT2D eigenvalue weighted by molar-refractivity contribution is 6.09. The molecule has 3 aromatic rings. The van der Waals surface area contributed by atoms with E-state index in [9.17, 15) is 27.6 Å². The fourth-order valence-electron chi connectivity index (χ4n) is 4.04. The second-order valence-corrected chi connectivity index (χ2v) is 9.49. The molecule has 0 unspecified atom stereocenters. The Labute approximate surface area is 235 Å². The number of amides is 3. The van der Waals surface area contributed by atoms with Crippen LogP contribution >= 0.6 is 0 Å². The summed E-state index contributed by atoms with van der Waals surface area (Å²) in [5.41, 5.74) is 11.6. The van der Waals surface area contributed by atoms with Crippen LogP contribution in [0, 0.1) is 5.92 Å². The number of fused-ring (bicyclic) bond motifs is 1. The van der Waals surface area contributed by atoms with Gasteiger partial charge in [0.05, 0.1) is 5.56 Å². The van der Waals surface area contributed by atoms with Crippen molar-refractivity contribution in [1.29, 1.82) is 0 Å².